The Bertz CT molecular complexity index is 652. The highest BCUT2D eigenvalue weighted by molar-refractivity contribution is 5.81. The molecule has 4 nitrogen and oxygen atoms in total. The van der Waals surface area contributed by atoms with Gasteiger partial charge in [-0.15, -0.1) is 0 Å². The molecule has 2 atom stereocenters. The molecule has 0 radical (unpaired) electrons. The van der Waals surface area contributed by atoms with Crippen LogP contribution in [-0.2, 0) is 4.79 Å². The zero-order valence-corrected chi connectivity index (χ0v) is 16.4. The SMILES string of the molecule is CC(C)CN1CCCCC1C(=O)NCC1CCN(c2ccc(F)c(F)c2)C1. The van der Waals surface area contributed by atoms with E-state index in [2.05, 4.69) is 29.0 Å². The zero-order valence-electron chi connectivity index (χ0n) is 16.4. The first kappa shape index (κ1) is 20.1. The van der Waals surface area contributed by atoms with E-state index in [-0.39, 0.29) is 11.9 Å². The standard InChI is InChI=1S/C21H31F2N3O/c1-15(2)13-26-9-4-3-5-20(26)21(27)24-12-16-8-10-25(14-16)17-6-7-18(22)19(23)11-17/h6-7,11,15-16,20H,3-5,8-10,12-14H2,1-2H3,(H,24,27). The molecule has 150 valence electrons. The van der Waals surface area contributed by atoms with Crippen molar-refractivity contribution >= 4 is 11.6 Å². The Kier molecular flexibility index (Phi) is 6.68. The minimum Gasteiger partial charge on any atom is -0.371 e. The molecule has 1 amide bonds. The van der Waals surface area contributed by atoms with Crippen LogP contribution in [0.4, 0.5) is 14.5 Å². The quantitative estimate of drug-likeness (QED) is 0.823. The fraction of sp³-hybridized carbons (Fsp3) is 0.667. The highest BCUT2D eigenvalue weighted by atomic mass is 19.2. The molecule has 1 N–H and O–H groups in total. The molecule has 2 aliphatic heterocycles. The van der Waals surface area contributed by atoms with Crippen molar-refractivity contribution in [1.29, 1.82) is 0 Å². The third-order valence-corrected chi connectivity index (χ3v) is 5.64. The number of piperidine rings is 1. The molecule has 0 saturated carbocycles. The smallest absolute Gasteiger partial charge is 0.237 e. The van der Waals surface area contributed by atoms with E-state index in [4.69, 9.17) is 0 Å². The number of nitrogens with one attached hydrogen (secondary N) is 1. The number of carbonyl (C=O) groups excluding carboxylic acids is 1. The van der Waals surface area contributed by atoms with Crippen molar-refractivity contribution in [3.05, 3.63) is 29.8 Å². The number of rotatable bonds is 6. The molecule has 2 fully saturated rings. The lowest BCUT2D eigenvalue weighted by Crippen LogP contribution is -2.51. The van der Waals surface area contributed by atoms with Crippen molar-refractivity contribution < 1.29 is 13.6 Å². The van der Waals surface area contributed by atoms with Gasteiger partial charge in [-0.3, -0.25) is 9.69 Å². The molecule has 27 heavy (non-hydrogen) atoms. The van der Waals surface area contributed by atoms with Crippen LogP contribution in [0.5, 0.6) is 0 Å². The minimum atomic E-state index is -0.819. The average molecular weight is 379 g/mol. The summed E-state index contributed by atoms with van der Waals surface area (Å²) < 4.78 is 26.6. The van der Waals surface area contributed by atoms with Crippen molar-refractivity contribution in [1.82, 2.24) is 10.2 Å². The molecule has 2 aliphatic rings. The summed E-state index contributed by atoms with van der Waals surface area (Å²) in [5.41, 5.74) is 0.707. The normalized spacial score (nSPS) is 23.8. The van der Waals surface area contributed by atoms with E-state index in [1.54, 1.807) is 6.07 Å². The maximum Gasteiger partial charge on any atom is 0.237 e. The predicted molar refractivity (Wildman–Crippen MR) is 104 cm³/mol. The van der Waals surface area contributed by atoms with Crippen LogP contribution in [-0.4, -0.2) is 49.6 Å². The van der Waals surface area contributed by atoms with E-state index < -0.39 is 11.6 Å². The number of anilines is 1. The third kappa shape index (κ3) is 5.18. The van der Waals surface area contributed by atoms with E-state index in [0.29, 0.717) is 24.1 Å². The van der Waals surface area contributed by atoms with Crippen LogP contribution in [0.2, 0.25) is 0 Å². The van der Waals surface area contributed by atoms with Gasteiger partial charge in [0.15, 0.2) is 11.6 Å². The van der Waals surface area contributed by atoms with E-state index in [1.807, 2.05) is 0 Å². The lowest BCUT2D eigenvalue weighted by Gasteiger charge is -2.35. The van der Waals surface area contributed by atoms with Crippen LogP contribution < -0.4 is 10.2 Å². The molecule has 2 unspecified atom stereocenters. The number of likely N-dealkylation sites (tertiary alicyclic amines) is 1. The topological polar surface area (TPSA) is 35.6 Å². The Hall–Kier alpha value is -1.69. The number of halogens is 2. The van der Waals surface area contributed by atoms with Crippen LogP contribution in [0.1, 0.15) is 39.5 Å². The Morgan fingerprint density at radius 1 is 1.19 bits per heavy atom. The van der Waals surface area contributed by atoms with Gasteiger partial charge in [0.1, 0.15) is 0 Å². The first-order valence-electron chi connectivity index (χ1n) is 10.2. The number of hydrogen-bond acceptors (Lipinski definition) is 3. The minimum absolute atomic E-state index is 0.00940. The lowest BCUT2D eigenvalue weighted by molar-refractivity contribution is -0.128. The second-order valence-electron chi connectivity index (χ2n) is 8.34. The maximum absolute atomic E-state index is 13.5. The molecule has 1 aromatic carbocycles. The molecule has 1 aromatic rings. The Labute approximate surface area is 160 Å². The van der Waals surface area contributed by atoms with Crippen molar-refractivity contribution in [2.24, 2.45) is 11.8 Å². The van der Waals surface area contributed by atoms with Gasteiger partial charge in [-0.25, -0.2) is 8.78 Å². The second-order valence-corrected chi connectivity index (χ2v) is 8.34. The van der Waals surface area contributed by atoms with Gasteiger partial charge in [0, 0.05) is 37.9 Å². The van der Waals surface area contributed by atoms with Gasteiger partial charge in [-0.05, 0) is 49.8 Å². The molecule has 2 heterocycles. The van der Waals surface area contributed by atoms with E-state index >= 15 is 0 Å². The van der Waals surface area contributed by atoms with Gasteiger partial charge in [0.05, 0.1) is 6.04 Å². The molecular weight excluding hydrogens is 348 g/mol. The summed E-state index contributed by atoms with van der Waals surface area (Å²) in [6.07, 6.45) is 4.16. The zero-order chi connectivity index (χ0) is 19.4. The molecule has 0 aromatic heterocycles. The van der Waals surface area contributed by atoms with Gasteiger partial charge < -0.3 is 10.2 Å². The fourth-order valence-corrected chi connectivity index (χ4v) is 4.25. The number of nitrogens with zero attached hydrogens (tertiary/aromatic N) is 2. The van der Waals surface area contributed by atoms with E-state index in [1.165, 1.54) is 18.6 Å². The monoisotopic (exact) mass is 379 g/mol. The van der Waals surface area contributed by atoms with Crippen LogP contribution in [0, 0.1) is 23.5 Å². The summed E-state index contributed by atoms with van der Waals surface area (Å²) in [5.74, 6) is -0.601. The number of amides is 1. The molecular formula is C21H31F2N3O. The second kappa shape index (κ2) is 9.00. The van der Waals surface area contributed by atoms with Crippen LogP contribution >= 0.6 is 0 Å². The van der Waals surface area contributed by atoms with Crippen LogP contribution in [0.3, 0.4) is 0 Å². The summed E-state index contributed by atoms with van der Waals surface area (Å²) in [6.45, 7) is 8.55. The predicted octanol–water partition coefficient (Wildman–Crippen LogP) is 3.42. The summed E-state index contributed by atoms with van der Waals surface area (Å²) in [4.78, 5) is 17.1. The summed E-state index contributed by atoms with van der Waals surface area (Å²) in [5, 5.41) is 3.15. The van der Waals surface area contributed by atoms with Gasteiger partial charge in [-0.2, -0.15) is 0 Å². The van der Waals surface area contributed by atoms with Crippen LogP contribution in [0.15, 0.2) is 18.2 Å². The van der Waals surface area contributed by atoms with E-state index in [0.717, 1.165) is 45.4 Å². The Morgan fingerprint density at radius 2 is 2.00 bits per heavy atom. The summed E-state index contributed by atoms with van der Waals surface area (Å²) in [7, 11) is 0. The van der Waals surface area contributed by atoms with Gasteiger partial charge in [0.25, 0.3) is 0 Å². The Balaban J connectivity index is 1.49. The third-order valence-electron chi connectivity index (χ3n) is 5.64. The van der Waals surface area contributed by atoms with Gasteiger partial charge in [0.2, 0.25) is 5.91 Å². The van der Waals surface area contributed by atoms with Gasteiger partial charge >= 0.3 is 0 Å². The highest BCUT2D eigenvalue weighted by Crippen LogP contribution is 2.25. The number of carbonyl (C=O) groups is 1. The molecule has 0 bridgehead atoms. The Morgan fingerprint density at radius 3 is 2.74 bits per heavy atom. The largest absolute Gasteiger partial charge is 0.371 e. The van der Waals surface area contributed by atoms with Crippen molar-refractivity contribution in [3.8, 4) is 0 Å². The molecule has 0 aliphatic carbocycles. The molecule has 6 heteroatoms. The average Bonchev–Trinajstić information content (AvgIpc) is 3.11. The van der Waals surface area contributed by atoms with Crippen LogP contribution in [0.25, 0.3) is 0 Å². The highest BCUT2D eigenvalue weighted by Gasteiger charge is 2.30. The van der Waals surface area contributed by atoms with Crippen molar-refractivity contribution in [2.45, 2.75) is 45.6 Å². The molecule has 0 spiro atoms. The van der Waals surface area contributed by atoms with Crippen molar-refractivity contribution in [3.63, 3.8) is 0 Å². The number of hydrogen-bond donors (Lipinski definition) is 1. The summed E-state index contributed by atoms with van der Waals surface area (Å²) in [6, 6.07) is 4.03. The van der Waals surface area contributed by atoms with Crippen molar-refractivity contribution in [2.75, 3.05) is 37.6 Å². The summed E-state index contributed by atoms with van der Waals surface area (Å²) >= 11 is 0. The molecule has 2 saturated heterocycles. The maximum atomic E-state index is 13.5. The number of benzene rings is 1. The fourth-order valence-electron chi connectivity index (χ4n) is 4.25. The first-order valence-corrected chi connectivity index (χ1v) is 10.2. The van der Waals surface area contributed by atoms with Gasteiger partial charge in [-0.1, -0.05) is 20.3 Å². The molecule has 3 rings (SSSR count). The first-order chi connectivity index (χ1) is 12.9. The lowest BCUT2D eigenvalue weighted by atomic mass is 9.99. The van der Waals surface area contributed by atoms with E-state index in [9.17, 15) is 13.6 Å².